The standard InChI is InChI=1S/C23H18BrN5O2S/c24-18-8-10-19(11-9-18)29-22(17-4-2-1-3-5-17)27-28-23(29)32-15-21(31)26-25-14-16-6-12-20(30)13-7-16/h1-14H,15H2,(H2,25,26,30,31). The average Bonchev–Trinajstić information content (AvgIpc) is 3.24. The lowest BCUT2D eigenvalue weighted by Crippen LogP contribution is -2.34. The van der Waals surface area contributed by atoms with Crippen LogP contribution < -0.4 is 15.1 Å². The quantitative estimate of drug-likeness (QED) is 0.173. The first-order chi connectivity index (χ1) is 15.6. The summed E-state index contributed by atoms with van der Waals surface area (Å²) in [4.78, 5) is 12.3. The summed E-state index contributed by atoms with van der Waals surface area (Å²) in [6.07, 6.45) is 1.49. The molecule has 0 aliphatic carbocycles. The van der Waals surface area contributed by atoms with Crippen molar-refractivity contribution < 1.29 is 14.5 Å². The van der Waals surface area contributed by atoms with Crippen molar-refractivity contribution in [3.63, 3.8) is 0 Å². The van der Waals surface area contributed by atoms with Crippen LogP contribution in [0.1, 0.15) is 5.56 Å². The van der Waals surface area contributed by atoms with E-state index >= 15 is 0 Å². The van der Waals surface area contributed by atoms with Crippen LogP contribution in [-0.4, -0.2) is 28.1 Å². The van der Waals surface area contributed by atoms with E-state index in [1.165, 1.54) is 30.1 Å². The highest BCUT2D eigenvalue weighted by atomic mass is 79.9. The Hall–Kier alpha value is -3.43. The molecule has 0 unspecified atom stereocenters. The van der Waals surface area contributed by atoms with Crippen molar-refractivity contribution in [3.05, 3.63) is 88.9 Å². The Morgan fingerprint density at radius 3 is 2.53 bits per heavy atom. The van der Waals surface area contributed by atoms with E-state index in [1.807, 2.05) is 59.2 Å². The van der Waals surface area contributed by atoms with Gasteiger partial charge in [0.15, 0.2) is 0 Å². The smallest absolute Gasteiger partial charge is 0.342 e. The minimum atomic E-state index is -0.265. The SMILES string of the molecule is O=C(CSc1n[nH]c(-c2ccccc2)[n+]1-c1ccc(Br)cc1)N/N=C/c1ccc([O-])cc1. The van der Waals surface area contributed by atoms with Gasteiger partial charge in [-0.2, -0.15) is 9.67 Å². The van der Waals surface area contributed by atoms with Gasteiger partial charge in [-0.05, 0) is 53.7 Å². The summed E-state index contributed by atoms with van der Waals surface area (Å²) in [6, 6.07) is 23.9. The van der Waals surface area contributed by atoms with E-state index in [-0.39, 0.29) is 17.4 Å². The van der Waals surface area contributed by atoms with Gasteiger partial charge < -0.3 is 5.11 Å². The van der Waals surface area contributed by atoms with E-state index < -0.39 is 0 Å². The zero-order valence-corrected chi connectivity index (χ0v) is 19.1. The van der Waals surface area contributed by atoms with Gasteiger partial charge in [-0.15, -0.1) is 10.8 Å². The second-order valence-corrected chi connectivity index (χ2v) is 8.54. The molecule has 4 aromatic rings. The third-order valence-electron chi connectivity index (χ3n) is 4.42. The molecule has 0 spiro atoms. The van der Waals surface area contributed by atoms with Crippen LogP contribution in [0.3, 0.4) is 0 Å². The summed E-state index contributed by atoms with van der Waals surface area (Å²) in [6.45, 7) is 0. The lowest BCUT2D eigenvalue weighted by Gasteiger charge is -2.05. The zero-order valence-electron chi connectivity index (χ0n) is 16.7. The molecule has 3 aromatic carbocycles. The summed E-state index contributed by atoms with van der Waals surface area (Å²) in [5.74, 6) is 0.608. The van der Waals surface area contributed by atoms with Gasteiger partial charge in [0.05, 0.1) is 22.6 Å². The molecular weight excluding hydrogens is 490 g/mol. The number of rotatable bonds is 7. The number of carbonyl (C=O) groups is 1. The molecule has 0 aliphatic heterocycles. The molecule has 1 aromatic heterocycles. The van der Waals surface area contributed by atoms with Crippen molar-refractivity contribution >= 4 is 39.8 Å². The van der Waals surface area contributed by atoms with Crippen LogP contribution in [0.4, 0.5) is 0 Å². The van der Waals surface area contributed by atoms with E-state index in [4.69, 9.17) is 0 Å². The topological polar surface area (TPSA) is 97.1 Å². The molecule has 160 valence electrons. The number of aromatic nitrogens is 3. The van der Waals surface area contributed by atoms with Crippen LogP contribution in [0.15, 0.2) is 93.6 Å². The van der Waals surface area contributed by atoms with E-state index in [0.29, 0.717) is 5.16 Å². The summed E-state index contributed by atoms with van der Waals surface area (Å²) in [5.41, 5.74) is 5.13. The molecule has 0 radical (unpaired) electrons. The summed E-state index contributed by atoms with van der Waals surface area (Å²) < 4.78 is 2.95. The maximum Gasteiger partial charge on any atom is 0.342 e. The largest absolute Gasteiger partial charge is 0.872 e. The molecule has 4 rings (SSSR count). The average molecular weight is 508 g/mol. The van der Waals surface area contributed by atoms with Gasteiger partial charge in [-0.1, -0.05) is 58.4 Å². The van der Waals surface area contributed by atoms with Crippen LogP contribution in [0, 0.1) is 0 Å². The highest BCUT2D eigenvalue weighted by Gasteiger charge is 2.24. The van der Waals surface area contributed by atoms with Crippen molar-refractivity contribution in [2.24, 2.45) is 5.10 Å². The first-order valence-corrected chi connectivity index (χ1v) is 11.4. The first-order valence-electron chi connectivity index (χ1n) is 9.64. The van der Waals surface area contributed by atoms with Crippen LogP contribution in [-0.2, 0) is 4.79 Å². The number of benzene rings is 3. The molecule has 7 nitrogen and oxygen atoms in total. The van der Waals surface area contributed by atoms with E-state index in [9.17, 15) is 9.90 Å². The molecule has 32 heavy (non-hydrogen) atoms. The molecule has 0 aliphatic rings. The van der Waals surface area contributed by atoms with Crippen molar-refractivity contribution in [2.75, 3.05) is 5.75 Å². The molecular formula is C23H18BrN5O2S. The predicted molar refractivity (Wildman–Crippen MR) is 126 cm³/mol. The Bertz CT molecular complexity index is 1230. The van der Waals surface area contributed by atoms with Crippen LogP contribution in [0.2, 0.25) is 0 Å². The van der Waals surface area contributed by atoms with Gasteiger partial charge in [-0.3, -0.25) is 4.79 Å². The number of aromatic amines is 1. The Morgan fingerprint density at radius 1 is 1.09 bits per heavy atom. The van der Waals surface area contributed by atoms with Gasteiger partial charge in [0.25, 0.3) is 11.7 Å². The number of nitrogens with one attached hydrogen (secondary N) is 2. The fraction of sp³-hybridized carbons (Fsp3) is 0.0435. The number of nitrogens with zero attached hydrogens (tertiary/aromatic N) is 3. The second kappa shape index (κ2) is 10.3. The maximum atomic E-state index is 12.3. The van der Waals surface area contributed by atoms with Crippen molar-refractivity contribution in [3.8, 4) is 22.8 Å². The lowest BCUT2D eigenvalue weighted by molar-refractivity contribution is -0.625. The number of amides is 1. The third kappa shape index (κ3) is 5.43. The number of hydrogen-bond donors (Lipinski definition) is 2. The Balaban J connectivity index is 1.49. The Labute approximate surface area is 197 Å². The Morgan fingerprint density at radius 2 is 1.81 bits per heavy atom. The molecule has 0 atom stereocenters. The number of hydrazone groups is 1. The number of hydrogen-bond acceptors (Lipinski definition) is 5. The van der Waals surface area contributed by atoms with Gasteiger partial charge >= 0.3 is 5.16 Å². The Kier molecular flexibility index (Phi) is 6.98. The monoisotopic (exact) mass is 507 g/mol. The van der Waals surface area contributed by atoms with Crippen molar-refractivity contribution in [1.29, 1.82) is 0 Å². The predicted octanol–water partition coefficient (Wildman–Crippen LogP) is 3.43. The highest BCUT2D eigenvalue weighted by molar-refractivity contribution is 9.10. The maximum absolute atomic E-state index is 12.3. The van der Waals surface area contributed by atoms with Crippen LogP contribution in [0.25, 0.3) is 17.1 Å². The van der Waals surface area contributed by atoms with Gasteiger partial charge in [0.1, 0.15) is 5.69 Å². The third-order valence-corrected chi connectivity index (χ3v) is 5.89. The number of thioether (sulfide) groups is 1. The molecule has 1 amide bonds. The van der Waals surface area contributed by atoms with Crippen molar-refractivity contribution in [1.82, 2.24) is 15.6 Å². The minimum Gasteiger partial charge on any atom is -0.872 e. The highest BCUT2D eigenvalue weighted by Crippen LogP contribution is 2.21. The van der Waals surface area contributed by atoms with E-state index in [1.54, 1.807) is 12.1 Å². The minimum absolute atomic E-state index is 0.0736. The summed E-state index contributed by atoms with van der Waals surface area (Å²) in [5, 5.41) is 23.3. The van der Waals surface area contributed by atoms with E-state index in [2.05, 4.69) is 36.7 Å². The van der Waals surface area contributed by atoms with Gasteiger partial charge in [0, 0.05) is 4.47 Å². The molecule has 0 saturated heterocycles. The van der Waals surface area contributed by atoms with E-state index in [0.717, 1.165) is 27.1 Å². The van der Waals surface area contributed by atoms with Gasteiger partial charge in [0.2, 0.25) is 0 Å². The molecule has 9 heteroatoms. The van der Waals surface area contributed by atoms with Gasteiger partial charge in [-0.25, -0.2) is 5.43 Å². The molecule has 0 fully saturated rings. The summed E-state index contributed by atoms with van der Waals surface area (Å²) >= 11 is 4.76. The zero-order chi connectivity index (χ0) is 22.3. The fourth-order valence-electron chi connectivity index (χ4n) is 2.91. The fourth-order valence-corrected chi connectivity index (χ4v) is 3.93. The number of H-pyrrole nitrogens is 1. The second-order valence-electron chi connectivity index (χ2n) is 6.68. The van der Waals surface area contributed by atoms with Crippen LogP contribution >= 0.6 is 27.7 Å². The van der Waals surface area contributed by atoms with Crippen molar-refractivity contribution in [2.45, 2.75) is 5.16 Å². The molecule has 0 saturated carbocycles. The number of carbonyl (C=O) groups excluding carboxylic acids is 1. The molecule has 0 bridgehead atoms. The first kappa shape index (κ1) is 21.8. The summed E-state index contributed by atoms with van der Waals surface area (Å²) in [7, 11) is 0. The normalized spacial score (nSPS) is 11.0. The number of halogens is 1. The lowest BCUT2D eigenvalue weighted by atomic mass is 10.2. The van der Waals surface area contributed by atoms with Crippen LogP contribution in [0.5, 0.6) is 5.75 Å². The molecule has 1 heterocycles. The molecule has 2 N–H and O–H groups in total.